The summed E-state index contributed by atoms with van der Waals surface area (Å²) in [4.78, 5) is 16.9. The monoisotopic (exact) mass is 626 g/mol. The predicted molar refractivity (Wildman–Crippen MR) is 156 cm³/mol. The Morgan fingerprint density at radius 1 is 0.977 bits per heavy atom. The molecule has 0 bridgehead atoms. The van der Waals surface area contributed by atoms with Crippen LogP contribution in [0.4, 0.5) is 29.2 Å². The number of nitrogens with one attached hydrogen (secondary N) is 1. The molecule has 2 aromatic heterocycles. The molecule has 0 unspecified atom stereocenters. The number of rotatable bonds is 10. The number of sulfone groups is 1. The third kappa shape index (κ3) is 7.40. The summed E-state index contributed by atoms with van der Waals surface area (Å²) < 4.78 is 81.9. The van der Waals surface area contributed by atoms with Crippen LogP contribution in [0.3, 0.4) is 0 Å². The summed E-state index contributed by atoms with van der Waals surface area (Å²) in [5, 5.41) is 7.16. The van der Waals surface area contributed by atoms with Crippen molar-refractivity contribution in [3.63, 3.8) is 0 Å². The van der Waals surface area contributed by atoms with Gasteiger partial charge >= 0.3 is 6.18 Å². The molecule has 0 saturated carbocycles. The Bertz CT molecular complexity index is 1920. The molecule has 0 amide bonds. The maximum atomic E-state index is 13.2. The number of anilines is 2. The van der Waals surface area contributed by atoms with E-state index in [-0.39, 0.29) is 46.2 Å². The second kappa shape index (κ2) is 12.1. The van der Waals surface area contributed by atoms with Crippen molar-refractivity contribution < 1.29 is 35.5 Å². The zero-order valence-corrected chi connectivity index (χ0v) is 24.3. The van der Waals surface area contributed by atoms with Gasteiger partial charge in [-0.15, -0.1) is 5.10 Å². The first-order valence-corrected chi connectivity index (χ1v) is 15.2. The second-order valence-electron chi connectivity index (χ2n) is 10.2. The van der Waals surface area contributed by atoms with E-state index in [4.69, 9.17) is 4.74 Å². The number of alkyl halides is 3. The number of hydrogen-bond donors (Lipinski definition) is 1. The molecule has 0 aliphatic heterocycles. The summed E-state index contributed by atoms with van der Waals surface area (Å²) in [5.41, 5.74) is 3.71. The molecule has 5 rings (SSSR count). The van der Waals surface area contributed by atoms with Gasteiger partial charge in [0.25, 0.3) is 0 Å². The summed E-state index contributed by atoms with van der Waals surface area (Å²) in [6.07, 6.45) is -1.76. The molecule has 0 radical (unpaired) electrons. The van der Waals surface area contributed by atoms with Crippen LogP contribution in [-0.2, 0) is 21.1 Å². The van der Waals surface area contributed by atoms with E-state index in [2.05, 4.69) is 15.4 Å². The number of hydrogen-bond acceptors (Lipinski definition) is 7. The van der Waals surface area contributed by atoms with Crippen molar-refractivity contribution in [2.45, 2.75) is 30.3 Å². The Labute approximate surface area is 250 Å². The minimum Gasteiger partial charge on any atom is -0.482 e. The first kappa shape index (κ1) is 30.7. The van der Waals surface area contributed by atoms with Gasteiger partial charge in [0.2, 0.25) is 5.95 Å². The van der Waals surface area contributed by atoms with Crippen molar-refractivity contribution in [3.8, 4) is 16.9 Å². The fourth-order valence-electron chi connectivity index (χ4n) is 4.45. The third-order valence-corrected chi connectivity index (χ3v) is 7.98. The summed E-state index contributed by atoms with van der Waals surface area (Å²) in [6.45, 7) is 0.179. The van der Waals surface area contributed by atoms with Crippen LogP contribution in [0.15, 0.2) is 90.0 Å². The highest BCUT2D eigenvalue weighted by atomic mass is 32.2. The zero-order chi connectivity index (χ0) is 31.6. The normalized spacial score (nSPS) is 12.7. The molecule has 1 N–H and O–H groups in total. The molecule has 228 valence electrons. The number of aromatic nitrogens is 3. The maximum Gasteiger partial charge on any atom is 0.422 e. The lowest BCUT2D eigenvalue weighted by molar-refractivity contribution is -0.153. The minimum absolute atomic E-state index is 0.00587. The number of carbonyl (C=O) groups excluding carboxylic acids is 1. The van der Waals surface area contributed by atoms with Crippen LogP contribution in [0.25, 0.3) is 16.8 Å². The lowest BCUT2D eigenvalue weighted by Crippen LogP contribution is -2.19. The van der Waals surface area contributed by atoms with Gasteiger partial charge in [-0.05, 0) is 53.1 Å². The standard InChI is InChI=1S/C31H26F4N4O4S/c1-19(21-7-10-24(32)11-8-21)27(40)15-20-3-5-22(6-4-20)23-9-14-29-37-30(38-39(29)17-23)36-26-13-12-25(44(2,41)42)16-28(26)43-18-31(33,34)35/h3-14,16-17,19H,15,18H2,1-2H3,(H,36,38)/t19-/m1/s1. The minimum atomic E-state index is -4.63. The van der Waals surface area contributed by atoms with Crippen LogP contribution < -0.4 is 10.1 Å². The maximum absolute atomic E-state index is 13.2. The van der Waals surface area contributed by atoms with Gasteiger partial charge in [0.05, 0.1) is 10.6 Å². The van der Waals surface area contributed by atoms with Crippen LogP contribution in [0.1, 0.15) is 24.0 Å². The molecule has 0 fully saturated rings. The first-order chi connectivity index (χ1) is 20.7. The molecular weight excluding hydrogens is 600 g/mol. The fourth-order valence-corrected chi connectivity index (χ4v) is 5.09. The van der Waals surface area contributed by atoms with Gasteiger partial charge in [-0.2, -0.15) is 18.2 Å². The van der Waals surface area contributed by atoms with Crippen LogP contribution in [0.5, 0.6) is 5.75 Å². The van der Waals surface area contributed by atoms with Gasteiger partial charge in [-0.3, -0.25) is 4.79 Å². The number of halogens is 4. The molecular formula is C31H26F4N4O4S. The van der Waals surface area contributed by atoms with Crippen molar-refractivity contribution in [2.24, 2.45) is 0 Å². The Kier molecular flexibility index (Phi) is 8.42. The molecule has 0 saturated heterocycles. The highest BCUT2D eigenvalue weighted by molar-refractivity contribution is 7.90. The SMILES string of the molecule is C[C@@H](C(=O)Cc1ccc(-c2ccc3nc(Nc4ccc(S(C)(=O)=O)cc4OCC(F)(F)F)nn3c2)cc1)c1ccc(F)cc1. The molecule has 13 heteroatoms. The zero-order valence-electron chi connectivity index (χ0n) is 23.5. The van der Waals surface area contributed by atoms with E-state index in [0.29, 0.717) is 5.65 Å². The van der Waals surface area contributed by atoms with E-state index in [1.165, 1.54) is 28.8 Å². The van der Waals surface area contributed by atoms with Crippen LogP contribution in [0, 0.1) is 5.82 Å². The van der Waals surface area contributed by atoms with Crippen LogP contribution in [0.2, 0.25) is 0 Å². The Hall–Kier alpha value is -4.78. The number of fused-ring (bicyclic) bond motifs is 1. The number of nitrogens with zero attached hydrogens (tertiary/aromatic N) is 3. The Balaban J connectivity index is 1.32. The lowest BCUT2D eigenvalue weighted by atomic mass is 9.92. The average molecular weight is 627 g/mol. The molecule has 1 atom stereocenters. The topological polar surface area (TPSA) is 103 Å². The summed E-state index contributed by atoms with van der Waals surface area (Å²) >= 11 is 0. The van der Waals surface area contributed by atoms with E-state index in [1.54, 1.807) is 31.3 Å². The van der Waals surface area contributed by atoms with Crippen molar-refractivity contribution in [2.75, 3.05) is 18.2 Å². The lowest BCUT2D eigenvalue weighted by Gasteiger charge is -2.14. The molecule has 2 heterocycles. The average Bonchev–Trinajstić information content (AvgIpc) is 3.37. The number of ether oxygens (including phenoxy) is 1. The Morgan fingerprint density at radius 3 is 2.32 bits per heavy atom. The van der Waals surface area contributed by atoms with Gasteiger partial charge in [0.15, 0.2) is 22.1 Å². The van der Waals surface area contributed by atoms with E-state index >= 15 is 0 Å². The third-order valence-electron chi connectivity index (χ3n) is 6.87. The Morgan fingerprint density at radius 2 is 1.66 bits per heavy atom. The smallest absolute Gasteiger partial charge is 0.422 e. The largest absolute Gasteiger partial charge is 0.482 e. The van der Waals surface area contributed by atoms with Gasteiger partial charge in [0.1, 0.15) is 17.3 Å². The van der Waals surface area contributed by atoms with Crippen molar-refractivity contribution >= 4 is 32.9 Å². The van der Waals surface area contributed by atoms with Crippen molar-refractivity contribution in [1.29, 1.82) is 0 Å². The molecule has 8 nitrogen and oxygen atoms in total. The molecule has 0 aliphatic carbocycles. The van der Waals surface area contributed by atoms with Gasteiger partial charge in [0, 0.05) is 36.4 Å². The number of benzene rings is 3. The van der Waals surface area contributed by atoms with Crippen LogP contribution in [-0.4, -0.2) is 47.8 Å². The first-order valence-electron chi connectivity index (χ1n) is 13.3. The molecule has 44 heavy (non-hydrogen) atoms. The second-order valence-corrected chi connectivity index (χ2v) is 12.2. The van der Waals surface area contributed by atoms with Crippen LogP contribution >= 0.6 is 0 Å². The molecule has 5 aromatic rings. The summed E-state index contributed by atoms with van der Waals surface area (Å²) in [5.74, 6) is -1.000. The highest BCUT2D eigenvalue weighted by Gasteiger charge is 2.29. The number of pyridine rings is 1. The van der Waals surface area contributed by atoms with E-state index < -0.39 is 22.6 Å². The van der Waals surface area contributed by atoms with Crippen molar-refractivity contribution in [3.05, 3.63) is 102 Å². The van der Waals surface area contributed by atoms with Crippen molar-refractivity contribution in [1.82, 2.24) is 14.6 Å². The molecule has 0 aliphatic rings. The summed E-state index contributed by atoms with van der Waals surface area (Å²) in [7, 11) is -3.70. The molecule has 0 spiro atoms. The molecule has 3 aromatic carbocycles. The quantitative estimate of drug-likeness (QED) is 0.176. The number of ketones is 1. The highest BCUT2D eigenvalue weighted by Crippen LogP contribution is 2.32. The van der Waals surface area contributed by atoms with E-state index in [1.807, 2.05) is 30.3 Å². The van der Waals surface area contributed by atoms with E-state index in [9.17, 15) is 30.8 Å². The van der Waals surface area contributed by atoms with E-state index in [0.717, 1.165) is 34.6 Å². The van der Waals surface area contributed by atoms with Gasteiger partial charge in [-0.25, -0.2) is 17.3 Å². The fraction of sp³-hybridized carbons (Fsp3) is 0.194. The number of carbonyl (C=O) groups is 1. The van der Waals surface area contributed by atoms with Gasteiger partial charge in [-0.1, -0.05) is 43.3 Å². The predicted octanol–water partition coefficient (Wildman–Crippen LogP) is 6.54. The summed E-state index contributed by atoms with van der Waals surface area (Å²) in [6, 6.07) is 20.4. The van der Waals surface area contributed by atoms with Gasteiger partial charge < -0.3 is 10.1 Å². The number of Topliss-reactive ketones (excluding diaryl/α,β-unsaturated/α-hetero) is 1.